The van der Waals surface area contributed by atoms with Crippen LogP contribution in [0, 0.1) is 17.8 Å². The van der Waals surface area contributed by atoms with Crippen LogP contribution < -0.4 is 14.2 Å². The lowest BCUT2D eigenvalue weighted by Crippen LogP contribution is -2.70. The molecule has 13 nitrogen and oxygen atoms in total. The first-order valence-corrected chi connectivity index (χ1v) is 22.9. The summed E-state index contributed by atoms with van der Waals surface area (Å²) in [4.78, 5) is 22.1. The Morgan fingerprint density at radius 1 is 1.00 bits per heavy atom. The summed E-state index contributed by atoms with van der Waals surface area (Å²) in [5, 5.41) is 25.2. The van der Waals surface area contributed by atoms with Gasteiger partial charge in [0, 0.05) is 49.2 Å². The minimum Gasteiger partial charge on any atom is -0.496 e. The third kappa shape index (κ3) is 8.63. The van der Waals surface area contributed by atoms with Crippen molar-refractivity contribution >= 4 is 32.9 Å². The van der Waals surface area contributed by atoms with E-state index in [-0.39, 0.29) is 55.4 Å². The number of allylic oxidation sites excluding steroid dienone is 1. The van der Waals surface area contributed by atoms with Crippen LogP contribution >= 0.6 is 0 Å². The molecule has 4 aromatic rings. The van der Waals surface area contributed by atoms with Crippen LogP contribution in [0.4, 0.5) is 0 Å². The molecule has 6 unspecified atom stereocenters. The van der Waals surface area contributed by atoms with E-state index < -0.39 is 27.8 Å². The summed E-state index contributed by atoms with van der Waals surface area (Å²) in [7, 11) is -1.30. The Labute approximate surface area is 364 Å². The van der Waals surface area contributed by atoms with E-state index in [4.69, 9.17) is 23.8 Å². The number of pyridine rings is 1. The van der Waals surface area contributed by atoms with Gasteiger partial charge in [0.2, 0.25) is 15.8 Å². The second-order valence-electron chi connectivity index (χ2n) is 16.0. The Hall–Kier alpha value is -5.12. The molecule has 62 heavy (non-hydrogen) atoms. The van der Waals surface area contributed by atoms with E-state index in [9.17, 15) is 15.0 Å². The average Bonchev–Trinajstić information content (AvgIpc) is 3.29. The van der Waals surface area contributed by atoms with Gasteiger partial charge in [-0.05, 0) is 98.0 Å². The van der Waals surface area contributed by atoms with Crippen LogP contribution in [0.25, 0.3) is 10.9 Å². The fourth-order valence-corrected chi connectivity index (χ4v) is 11.8. The molecule has 1 fully saturated rings. The van der Waals surface area contributed by atoms with Crippen molar-refractivity contribution in [3.05, 3.63) is 108 Å². The van der Waals surface area contributed by atoms with Gasteiger partial charge < -0.3 is 34.0 Å². The normalized spacial score (nSPS) is 23.5. The zero-order chi connectivity index (χ0) is 43.9. The van der Waals surface area contributed by atoms with Gasteiger partial charge in [-0.2, -0.15) is 4.31 Å². The van der Waals surface area contributed by atoms with Gasteiger partial charge in [0.05, 0.1) is 42.5 Å². The van der Waals surface area contributed by atoms with Crippen LogP contribution in [0.3, 0.4) is 0 Å². The van der Waals surface area contributed by atoms with E-state index in [0.29, 0.717) is 64.4 Å². The number of aliphatic hydroxyl groups excluding tert-OH is 2. The van der Waals surface area contributed by atoms with E-state index >= 15 is 8.42 Å². The lowest BCUT2D eigenvalue weighted by molar-refractivity contribution is -0.251. The monoisotopic (exact) mass is 867 g/mol. The highest BCUT2D eigenvalue weighted by atomic mass is 32.2. The molecule has 2 N–H and O–H groups in total. The van der Waals surface area contributed by atoms with Crippen molar-refractivity contribution in [2.45, 2.75) is 80.9 Å². The number of hydrogen-bond acceptors (Lipinski definition) is 12. The number of aldehydes is 1. The number of methoxy groups -OCH3 is 1. The Kier molecular flexibility index (Phi) is 14.4. The summed E-state index contributed by atoms with van der Waals surface area (Å²) < 4.78 is 58.5. The fraction of sp³-hybridized carbons (Fsp3) is 0.438. The van der Waals surface area contributed by atoms with Crippen molar-refractivity contribution in [1.82, 2.24) is 9.29 Å². The quantitative estimate of drug-likeness (QED) is 0.0359. The molecule has 1 saturated carbocycles. The Balaban J connectivity index is 1.47. The van der Waals surface area contributed by atoms with E-state index in [2.05, 4.69) is 22.8 Å². The summed E-state index contributed by atoms with van der Waals surface area (Å²) >= 11 is 0. The Morgan fingerprint density at radius 2 is 1.76 bits per heavy atom. The van der Waals surface area contributed by atoms with E-state index in [1.807, 2.05) is 31.2 Å². The van der Waals surface area contributed by atoms with Crippen LogP contribution in [-0.4, -0.2) is 92.3 Å². The van der Waals surface area contributed by atoms with Crippen molar-refractivity contribution in [2.75, 3.05) is 40.6 Å². The van der Waals surface area contributed by atoms with Gasteiger partial charge in [-0.3, -0.25) is 9.78 Å². The Morgan fingerprint density at radius 3 is 2.48 bits per heavy atom. The van der Waals surface area contributed by atoms with Crippen molar-refractivity contribution in [1.29, 1.82) is 0 Å². The molecule has 3 aliphatic rings. The molecule has 1 aromatic heterocycles. The number of rotatable bonds is 21. The summed E-state index contributed by atoms with van der Waals surface area (Å²) in [6.07, 6.45) is 11.1. The predicted molar refractivity (Wildman–Crippen MR) is 236 cm³/mol. The number of aromatic nitrogens is 1. The number of benzene rings is 3. The number of ether oxygens (including phenoxy) is 4. The van der Waals surface area contributed by atoms with Crippen molar-refractivity contribution in [3.63, 3.8) is 0 Å². The maximum atomic E-state index is 15.4. The third-order valence-electron chi connectivity index (χ3n) is 12.4. The zero-order valence-corrected chi connectivity index (χ0v) is 36.5. The first kappa shape index (κ1) is 44.9. The second kappa shape index (κ2) is 19.9. The Bertz CT molecular complexity index is 2400. The molecule has 3 aromatic carbocycles. The van der Waals surface area contributed by atoms with Crippen molar-refractivity contribution in [2.24, 2.45) is 22.9 Å². The predicted octanol–water partition coefficient (Wildman–Crippen LogP) is 8.21. The molecule has 0 spiro atoms. The summed E-state index contributed by atoms with van der Waals surface area (Å²) in [5.74, 6) is -0.659. The maximum absolute atomic E-state index is 15.4. The fourth-order valence-electron chi connectivity index (χ4n) is 9.88. The highest BCUT2D eigenvalue weighted by Gasteiger charge is 2.66. The van der Waals surface area contributed by atoms with Gasteiger partial charge >= 0.3 is 0 Å². The van der Waals surface area contributed by atoms with E-state index in [0.717, 1.165) is 43.1 Å². The molecule has 7 rings (SSSR count). The van der Waals surface area contributed by atoms with Gasteiger partial charge in [0.25, 0.3) is 0 Å². The number of sulfonamides is 1. The largest absolute Gasteiger partial charge is 0.496 e. The van der Waals surface area contributed by atoms with E-state index in [1.54, 1.807) is 54.7 Å². The van der Waals surface area contributed by atoms with Crippen LogP contribution in [0.5, 0.6) is 23.0 Å². The molecule has 1 aliphatic heterocycles. The smallest absolute Gasteiger partial charge is 0.245 e. The maximum Gasteiger partial charge on any atom is 0.245 e. The number of carbonyl (C=O) groups excluding carboxylic acids is 1. The topological polar surface area (TPSA) is 166 Å². The van der Waals surface area contributed by atoms with Gasteiger partial charge in [0.1, 0.15) is 35.0 Å². The number of carbonyl (C=O) groups is 1. The van der Waals surface area contributed by atoms with Gasteiger partial charge in [-0.15, -0.1) is 6.58 Å². The highest BCUT2D eigenvalue weighted by Crippen LogP contribution is 2.62. The first-order valence-electron chi connectivity index (χ1n) is 21.5. The van der Waals surface area contributed by atoms with Crippen LogP contribution in [-0.2, 0) is 19.6 Å². The molecular formula is C48H57N3O10S. The van der Waals surface area contributed by atoms with E-state index in [1.165, 1.54) is 18.5 Å². The number of hydrogen-bond donors (Lipinski definition) is 2. The standard InChI is InChI=1S/C48H57N3O10S/c1-5-23-51(62(55,56)43-17-11-14-32-15-12-22-49-47(32)43)44-30-40(50-58-4)38-28-33(13-7-9-24-52)37(16-8-10-25-53)45-39-29-36(60-35-18-20-41(57-3)34(27-35)31-54)19-21-42(39)61-48(44,46(38)45)59-26-6-2/h6,11-12,14-15,17-22,27-29,31,33,37,44-46,52-53H,2,5,7-10,13,16,23-26,30H2,1,3-4H3. The number of unbranched alkanes of at least 4 members (excludes halogenated alkanes) is 2. The molecule has 0 amide bonds. The second-order valence-corrected chi connectivity index (χ2v) is 17.9. The first-order chi connectivity index (χ1) is 30.2. The molecule has 0 saturated heterocycles. The minimum atomic E-state index is -4.29. The van der Waals surface area contributed by atoms with Crippen LogP contribution in [0.15, 0.2) is 107 Å². The molecule has 2 heterocycles. The number of nitrogens with zero attached hydrogens (tertiary/aromatic N) is 3. The summed E-state index contributed by atoms with van der Waals surface area (Å²) in [5.41, 5.74) is 3.01. The molecule has 0 radical (unpaired) electrons. The summed E-state index contributed by atoms with van der Waals surface area (Å²) in [6, 6.07) is 18.5. The van der Waals surface area contributed by atoms with Gasteiger partial charge in [-0.1, -0.05) is 55.3 Å². The molecule has 0 bridgehead atoms. The lowest BCUT2D eigenvalue weighted by Gasteiger charge is -2.59. The third-order valence-corrected chi connectivity index (χ3v) is 14.3. The molecule has 2 aliphatic carbocycles. The van der Waals surface area contributed by atoms with Crippen molar-refractivity contribution in [3.8, 4) is 23.0 Å². The van der Waals surface area contributed by atoms with Crippen LogP contribution in [0.2, 0.25) is 0 Å². The highest BCUT2D eigenvalue weighted by molar-refractivity contribution is 7.89. The minimum absolute atomic E-state index is 0.0108. The molecule has 6 atom stereocenters. The number of fused-ring (bicyclic) bond motifs is 3. The van der Waals surface area contributed by atoms with Gasteiger partial charge in [0.15, 0.2) is 6.29 Å². The average molecular weight is 868 g/mol. The molecule has 330 valence electrons. The molecule has 14 heteroatoms. The van der Waals surface area contributed by atoms with Crippen molar-refractivity contribution < 1.29 is 47.2 Å². The zero-order valence-electron chi connectivity index (χ0n) is 35.6. The number of para-hydroxylation sites is 1. The van der Waals surface area contributed by atoms with Crippen LogP contribution in [0.1, 0.15) is 80.1 Å². The SMILES string of the molecule is C=CCOC12Oc3ccc(Oc4ccc(OC)c(C=O)c4)cc3C3C(CCCCO)C(CCCCO)C=C(C(=NOC)CC1N(CCC)S(=O)(=O)c1cccc4cccnc14)C32. The number of oxime groups is 1. The lowest BCUT2D eigenvalue weighted by atomic mass is 9.55. The summed E-state index contributed by atoms with van der Waals surface area (Å²) in [6.45, 7) is 6.26. The van der Waals surface area contributed by atoms with Gasteiger partial charge in [-0.25, -0.2) is 8.42 Å². The molecular weight excluding hydrogens is 811 g/mol. The number of aliphatic hydroxyl groups is 2.